The van der Waals surface area contributed by atoms with Crippen LogP contribution in [0.4, 0.5) is 5.69 Å². The van der Waals surface area contributed by atoms with E-state index in [0.717, 1.165) is 17.0 Å². The van der Waals surface area contributed by atoms with E-state index in [1.54, 1.807) is 24.3 Å². The van der Waals surface area contributed by atoms with E-state index < -0.39 is 5.97 Å². The van der Waals surface area contributed by atoms with Crippen molar-refractivity contribution in [3.63, 3.8) is 0 Å². The molecular formula is C16H16N2O2. The lowest BCUT2D eigenvalue weighted by atomic mass is 10.1. The number of aryl methyl sites for hydroxylation is 1. The second kappa shape index (κ2) is 6.02. The molecule has 4 heteroatoms. The van der Waals surface area contributed by atoms with E-state index in [0.29, 0.717) is 0 Å². The first-order chi connectivity index (χ1) is 9.56. The molecule has 4 nitrogen and oxygen atoms in total. The van der Waals surface area contributed by atoms with Crippen LogP contribution < -0.4 is 5.43 Å². The van der Waals surface area contributed by atoms with Gasteiger partial charge in [-0.2, -0.15) is 5.10 Å². The molecule has 2 N–H and O–H groups in total. The van der Waals surface area contributed by atoms with E-state index in [1.807, 2.05) is 38.1 Å². The van der Waals surface area contributed by atoms with E-state index in [4.69, 9.17) is 5.11 Å². The maximum Gasteiger partial charge on any atom is 0.335 e. The number of nitrogens with one attached hydrogen (secondary N) is 1. The van der Waals surface area contributed by atoms with E-state index in [2.05, 4.69) is 10.5 Å². The minimum absolute atomic E-state index is 0.259. The van der Waals surface area contributed by atoms with Gasteiger partial charge in [0, 0.05) is 0 Å². The molecule has 0 aliphatic rings. The van der Waals surface area contributed by atoms with Crippen LogP contribution in [0, 0.1) is 6.92 Å². The van der Waals surface area contributed by atoms with E-state index in [9.17, 15) is 4.79 Å². The predicted molar refractivity (Wildman–Crippen MR) is 80.4 cm³/mol. The van der Waals surface area contributed by atoms with Crippen LogP contribution in [-0.4, -0.2) is 16.8 Å². The van der Waals surface area contributed by atoms with Gasteiger partial charge in [-0.15, -0.1) is 0 Å². The zero-order valence-electron chi connectivity index (χ0n) is 11.4. The van der Waals surface area contributed by atoms with Gasteiger partial charge in [0.2, 0.25) is 0 Å². The van der Waals surface area contributed by atoms with Crippen molar-refractivity contribution >= 4 is 17.4 Å². The molecule has 0 unspecified atom stereocenters. The molecule has 0 amide bonds. The van der Waals surface area contributed by atoms with Gasteiger partial charge in [-0.3, -0.25) is 5.43 Å². The third kappa shape index (κ3) is 3.45. The smallest absolute Gasteiger partial charge is 0.335 e. The highest BCUT2D eigenvalue weighted by molar-refractivity contribution is 5.99. The first kappa shape index (κ1) is 13.8. The molecule has 2 aromatic carbocycles. The Bertz CT molecular complexity index is 629. The Labute approximate surface area is 117 Å². The van der Waals surface area contributed by atoms with Crippen LogP contribution in [0.3, 0.4) is 0 Å². The van der Waals surface area contributed by atoms with Crippen LogP contribution in [0.5, 0.6) is 0 Å². The molecule has 2 aromatic rings. The number of hydrogen-bond acceptors (Lipinski definition) is 3. The number of benzene rings is 2. The Morgan fingerprint density at radius 1 is 1.00 bits per heavy atom. The lowest BCUT2D eigenvalue weighted by Gasteiger charge is -2.04. The fourth-order valence-corrected chi connectivity index (χ4v) is 1.70. The maximum absolute atomic E-state index is 10.7. The number of anilines is 1. The van der Waals surface area contributed by atoms with Crippen molar-refractivity contribution in [2.75, 3.05) is 5.43 Å². The largest absolute Gasteiger partial charge is 0.478 e. The second-order valence-corrected chi connectivity index (χ2v) is 4.56. The molecule has 0 bridgehead atoms. The minimum Gasteiger partial charge on any atom is -0.478 e. The number of nitrogens with zero attached hydrogens (tertiary/aromatic N) is 1. The number of carboxylic acid groups (broad SMARTS) is 1. The summed E-state index contributed by atoms with van der Waals surface area (Å²) in [5.41, 5.74) is 7.05. The molecule has 0 aliphatic heterocycles. The Morgan fingerprint density at radius 3 is 2.10 bits per heavy atom. The molecule has 2 rings (SSSR count). The standard InChI is InChI=1S/C16H16N2O2/c1-11-3-5-13(6-4-11)12(2)17-18-15-9-7-14(8-10-15)16(19)20/h3-10,18H,1-2H3,(H,19,20)/b17-12-. The quantitative estimate of drug-likeness (QED) is 0.658. The van der Waals surface area contributed by atoms with E-state index in [-0.39, 0.29) is 5.56 Å². The van der Waals surface area contributed by atoms with Crippen LogP contribution in [0.1, 0.15) is 28.4 Å². The third-order valence-corrected chi connectivity index (χ3v) is 2.95. The minimum atomic E-state index is -0.934. The average molecular weight is 268 g/mol. The Balaban J connectivity index is 2.08. The van der Waals surface area contributed by atoms with Crippen LogP contribution in [0.15, 0.2) is 53.6 Å². The number of rotatable bonds is 4. The highest BCUT2D eigenvalue weighted by Crippen LogP contribution is 2.10. The molecule has 0 fully saturated rings. The van der Waals surface area contributed by atoms with Crippen LogP contribution in [0.25, 0.3) is 0 Å². The van der Waals surface area contributed by atoms with Crippen molar-refractivity contribution in [1.29, 1.82) is 0 Å². The van der Waals surface area contributed by atoms with Gasteiger partial charge >= 0.3 is 5.97 Å². The van der Waals surface area contributed by atoms with Crippen molar-refractivity contribution in [1.82, 2.24) is 0 Å². The van der Waals surface area contributed by atoms with E-state index >= 15 is 0 Å². The fraction of sp³-hybridized carbons (Fsp3) is 0.125. The third-order valence-electron chi connectivity index (χ3n) is 2.95. The van der Waals surface area contributed by atoms with Gasteiger partial charge in [-0.1, -0.05) is 29.8 Å². The van der Waals surface area contributed by atoms with Gasteiger partial charge in [0.25, 0.3) is 0 Å². The first-order valence-electron chi connectivity index (χ1n) is 6.27. The maximum atomic E-state index is 10.7. The zero-order chi connectivity index (χ0) is 14.5. The molecule has 102 valence electrons. The molecule has 0 saturated heterocycles. The van der Waals surface area contributed by atoms with Crippen LogP contribution in [0.2, 0.25) is 0 Å². The molecular weight excluding hydrogens is 252 g/mol. The van der Waals surface area contributed by atoms with Gasteiger partial charge < -0.3 is 5.11 Å². The van der Waals surface area contributed by atoms with Gasteiger partial charge in [-0.05, 0) is 43.7 Å². The topological polar surface area (TPSA) is 61.7 Å². The normalized spacial score (nSPS) is 11.2. The summed E-state index contributed by atoms with van der Waals surface area (Å²) in [5, 5.41) is 13.1. The SMILES string of the molecule is C/C(=N/Nc1ccc(C(=O)O)cc1)c1ccc(C)cc1. The Kier molecular flexibility index (Phi) is 4.15. The molecule has 20 heavy (non-hydrogen) atoms. The van der Waals surface area contributed by atoms with Crippen LogP contribution >= 0.6 is 0 Å². The van der Waals surface area contributed by atoms with Crippen molar-refractivity contribution in [3.05, 3.63) is 65.2 Å². The number of hydrogen-bond donors (Lipinski definition) is 2. The van der Waals surface area contributed by atoms with Gasteiger partial charge in [-0.25, -0.2) is 4.79 Å². The predicted octanol–water partition coefficient (Wildman–Crippen LogP) is 3.53. The second-order valence-electron chi connectivity index (χ2n) is 4.56. The van der Waals surface area contributed by atoms with Crippen molar-refractivity contribution < 1.29 is 9.90 Å². The first-order valence-corrected chi connectivity index (χ1v) is 6.27. The van der Waals surface area contributed by atoms with Gasteiger partial charge in [0.05, 0.1) is 17.0 Å². The van der Waals surface area contributed by atoms with Crippen molar-refractivity contribution in [2.45, 2.75) is 13.8 Å². The molecule has 0 heterocycles. The number of hydrazone groups is 1. The molecule has 0 saturated carbocycles. The summed E-state index contributed by atoms with van der Waals surface area (Å²) in [6.45, 7) is 3.96. The highest BCUT2D eigenvalue weighted by Gasteiger charge is 2.01. The molecule has 0 aromatic heterocycles. The number of aromatic carboxylic acids is 1. The van der Waals surface area contributed by atoms with E-state index in [1.165, 1.54) is 5.56 Å². The lowest BCUT2D eigenvalue weighted by Crippen LogP contribution is -2.00. The summed E-state index contributed by atoms with van der Waals surface area (Å²) in [6.07, 6.45) is 0. The highest BCUT2D eigenvalue weighted by atomic mass is 16.4. The fourth-order valence-electron chi connectivity index (χ4n) is 1.70. The Morgan fingerprint density at radius 2 is 1.55 bits per heavy atom. The molecule has 0 aliphatic carbocycles. The summed E-state index contributed by atoms with van der Waals surface area (Å²) in [6, 6.07) is 14.6. The van der Waals surface area contributed by atoms with Gasteiger partial charge in [0.15, 0.2) is 0 Å². The summed E-state index contributed by atoms with van der Waals surface area (Å²) >= 11 is 0. The monoisotopic (exact) mass is 268 g/mol. The van der Waals surface area contributed by atoms with Crippen LogP contribution in [-0.2, 0) is 0 Å². The van der Waals surface area contributed by atoms with Gasteiger partial charge in [0.1, 0.15) is 0 Å². The van der Waals surface area contributed by atoms with Crippen molar-refractivity contribution in [2.24, 2.45) is 5.10 Å². The zero-order valence-corrected chi connectivity index (χ0v) is 11.4. The lowest BCUT2D eigenvalue weighted by molar-refractivity contribution is 0.0697. The number of carbonyl (C=O) groups is 1. The summed E-state index contributed by atoms with van der Waals surface area (Å²) in [7, 11) is 0. The molecule has 0 spiro atoms. The molecule has 0 atom stereocenters. The number of carboxylic acids is 1. The summed E-state index contributed by atoms with van der Waals surface area (Å²) in [4.78, 5) is 10.7. The summed E-state index contributed by atoms with van der Waals surface area (Å²) < 4.78 is 0. The average Bonchev–Trinajstić information content (AvgIpc) is 2.46. The summed E-state index contributed by atoms with van der Waals surface area (Å²) in [5.74, 6) is -0.934. The Hall–Kier alpha value is -2.62. The van der Waals surface area contributed by atoms with Crippen molar-refractivity contribution in [3.8, 4) is 0 Å². The molecule has 0 radical (unpaired) electrons.